The summed E-state index contributed by atoms with van der Waals surface area (Å²) in [5, 5.41) is 15.0. The Morgan fingerprint density at radius 3 is 2.41 bits per heavy atom. The molecular formula is C20H25N5O4. The van der Waals surface area contributed by atoms with Gasteiger partial charge in [-0.1, -0.05) is 0 Å². The Balaban J connectivity index is 1.68. The van der Waals surface area contributed by atoms with Crippen LogP contribution in [0.1, 0.15) is 6.92 Å². The van der Waals surface area contributed by atoms with Gasteiger partial charge in [-0.15, -0.1) is 0 Å². The molecule has 1 fully saturated rings. The first kappa shape index (κ1) is 20.4. The van der Waals surface area contributed by atoms with E-state index >= 15 is 0 Å². The van der Waals surface area contributed by atoms with E-state index in [4.69, 9.17) is 9.84 Å². The summed E-state index contributed by atoms with van der Waals surface area (Å²) in [5.74, 6) is 0.0228. The minimum Gasteiger partial charge on any atom is -0.481 e. The van der Waals surface area contributed by atoms with E-state index in [1.54, 1.807) is 17.2 Å². The molecule has 0 bridgehead atoms. The number of anilines is 4. The van der Waals surface area contributed by atoms with Crippen molar-refractivity contribution >= 4 is 34.6 Å². The summed E-state index contributed by atoms with van der Waals surface area (Å²) in [6.07, 6.45) is 1.55. The molecule has 3 N–H and O–H groups in total. The van der Waals surface area contributed by atoms with E-state index < -0.39 is 6.61 Å². The minimum atomic E-state index is -0.444. The molecule has 0 unspecified atom stereocenters. The van der Waals surface area contributed by atoms with Crippen LogP contribution in [0, 0.1) is 0 Å². The molecule has 3 rings (SSSR count). The number of aliphatic hydroxyl groups excluding tert-OH is 1. The van der Waals surface area contributed by atoms with Crippen LogP contribution >= 0.6 is 0 Å². The normalized spacial score (nSPS) is 13.8. The van der Waals surface area contributed by atoms with Crippen LogP contribution in [0.4, 0.5) is 22.7 Å². The largest absolute Gasteiger partial charge is 0.481 e. The molecule has 0 spiro atoms. The molecule has 1 aromatic heterocycles. The lowest BCUT2D eigenvalue weighted by Gasteiger charge is -2.36. The maximum Gasteiger partial charge on any atom is 0.248 e. The van der Waals surface area contributed by atoms with Gasteiger partial charge in [-0.3, -0.25) is 9.59 Å². The van der Waals surface area contributed by atoms with Gasteiger partial charge in [0.25, 0.3) is 0 Å². The molecule has 29 heavy (non-hydrogen) atoms. The van der Waals surface area contributed by atoms with Gasteiger partial charge in [0.15, 0.2) is 0 Å². The molecule has 9 nitrogen and oxygen atoms in total. The molecule has 0 saturated carbocycles. The number of aliphatic hydroxyl groups is 1. The predicted octanol–water partition coefficient (Wildman–Crippen LogP) is 1.43. The van der Waals surface area contributed by atoms with Crippen LogP contribution in [-0.4, -0.2) is 66.7 Å². The second kappa shape index (κ2) is 9.24. The molecule has 1 saturated heterocycles. The monoisotopic (exact) mass is 399 g/mol. The minimum absolute atomic E-state index is 0.186. The maximum atomic E-state index is 11.6. The Bertz CT molecular complexity index is 864. The molecule has 2 amide bonds. The van der Waals surface area contributed by atoms with Crippen molar-refractivity contribution in [2.45, 2.75) is 6.92 Å². The first-order chi connectivity index (χ1) is 14.0. The van der Waals surface area contributed by atoms with Gasteiger partial charge in [0, 0.05) is 50.5 Å². The lowest BCUT2D eigenvalue weighted by Crippen LogP contribution is -2.49. The number of hydrogen-bond acceptors (Lipinski definition) is 7. The number of piperazine rings is 1. The highest BCUT2D eigenvalue weighted by Gasteiger charge is 2.20. The third kappa shape index (κ3) is 5.14. The molecule has 1 aromatic carbocycles. The number of nitrogens with one attached hydrogen (secondary N) is 2. The van der Waals surface area contributed by atoms with E-state index in [0.29, 0.717) is 43.4 Å². The number of ether oxygens (including phenoxy) is 1. The third-order valence-corrected chi connectivity index (χ3v) is 4.68. The second-order valence-electron chi connectivity index (χ2n) is 6.65. The van der Waals surface area contributed by atoms with E-state index in [1.807, 2.05) is 24.3 Å². The summed E-state index contributed by atoms with van der Waals surface area (Å²) in [4.78, 5) is 31.0. The number of benzene rings is 1. The molecule has 154 valence electrons. The standard InChI is InChI=1S/C20H25N5O4/c1-14(27)22-18-12-21-19(29-2)11-17(18)23-15-3-5-16(6-4-15)24-7-9-25(10-8-24)20(28)13-26/h3-6,11-12,26H,7-10,13H2,1-2H3,(H,21,23)(H,22,27). The van der Waals surface area contributed by atoms with Gasteiger partial charge in [0.05, 0.1) is 24.7 Å². The van der Waals surface area contributed by atoms with E-state index in [1.165, 1.54) is 14.0 Å². The number of carbonyl (C=O) groups is 2. The summed E-state index contributed by atoms with van der Waals surface area (Å²) in [6, 6.07) is 9.62. The smallest absolute Gasteiger partial charge is 0.248 e. The van der Waals surface area contributed by atoms with Crippen molar-refractivity contribution in [3.8, 4) is 5.88 Å². The van der Waals surface area contributed by atoms with Crippen LogP contribution in [-0.2, 0) is 9.59 Å². The topological polar surface area (TPSA) is 107 Å². The summed E-state index contributed by atoms with van der Waals surface area (Å²) in [5.41, 5.74) is 3.15. The van der Waals surface area contributed by atoms with Gasteiger partial charge in [0.1, 0.15) is 6.61 Å². The highest BCUT2D eigenvalue weighted by atomic mass is 16.5. The second-order valence-corrected chi connectivity index (χ2v) is 6.65. The van der Waals surface area contributed by atoms with Crippen LogP contribution in [0.3, 0.4) is 0 Å². The van der Waals surface area contributed by atoms with Gasteiger partial charge in [0.2, 0.25) is 17.7 Å². The first-order valence-corrected chi connectivity index (χ1v) is 9.32. The fourth-order valence-electron chi connectivity index (χ4n) is 3.17. The summed E-state index contributed by atoms with van der Waals surface area (Å²) < 4.78 is 5.17. The fraction of sp³-hybridized carbons (Fsp3) is 0.350. The Morgan fingerprint density at radius 2 is 1.83 bits per heavy atom. The fourth-order valence-corrected chi connectivity index (χ4v) is 3.17. The summed E-state index contributed by atoms with van der Waals surface area (Å²) in [7, 11) is 1.53. The van der Waals surface area contributed by atoms with Crippen LogP contribution in [0.15, 0.2) is 36.5 Å². The lowest BCUT2D eigenvalue weighted by molar-refractivity contribution is -0.134. The van der Waals surface area contributed by atoms with Crippen LogP contribution in [0.2, 0.25) is 0 Å². The number of amides is 2. The Labute approximate surface area is 169 Å². The molecule has 9 heteroatoms. The Hall–Kier alpha value is -3.33. The molecule has 2 aromatic rings. The van der Waals surface area contributed by atoms with Crippen molar-refractivity contribution < 1.29 is 19.4 Å². The molecular weight excluding hydrogens is 374 g/mol. The quantitative estimate of drug-likeness (QED) is 0.675. The Morgan fingerprint density at radius 1 is 1.14 bits per heavy atom. The van der Waals surface area contributed by atoms with Crippen molar-refractivity contribution in [2.75, 3.05) is 55.4 Å². The van der Waals surface area contributed by atoms with Gasteiger partial charge in [-0.25, -0.2) is 4.98 Å². The number of nitrogens with zero attached hydrogens (tertiary/aromatic N) is 3. The maximum absolute atomic E-state index is 11.6. The molecule has 0 aliphatic carbocycles. The summed E-state index contributed by atoms with van der Waals surface area (Å²) >= 11 is 0. The van der Waals surface area contributed by atoms with Crippen LogP contribution < -0.4 is 20.3 Å². The van der Waals surface area contributed by atoms with Crippen molar-refractivity contribution in [1.82, 2.24) is 9.88 Å². The van der Waals surface area contributed by atoms with E-state index in [9.17, 15) is 9.59 Å². The number of rotatable bonds is 6. The molecule has 0 atom stereocenters. The molecule has 2 heterocycles. The predicted molar refractivity (Wildman–Crippen MR) is 111 cm³/mol. The Kier molecular flexibility index (Phi) is 6.50. The number of aromatic nitrogens is 1. The highest BCUT2D eigenvalue weighted by Crippen LogP contribution is 2.29. The zero-order valence-corrected chi connectivity index (χ0v) is 16.5. The molecule has 1 aliphatic heterocycles. The molecule has 0 radical (unpaired) electrons. The lowest BCUT2D eigenvalue weighted by atomic mass is 10.2. The first-order valence-electron chi connectivity index (χ1n) is 9.32. The number of pyridine rings is 1. The highest BCUT2D eigenvalue weighted by molar-refractivity contribution is 5.93. The van der Waals surface area contributed by atoms with Gasteiger partial charge in [-0.2, -0.15) is 0 Å². The third-order valence-electron chi connectivity index (χ3n) is 4.68. The van der Waals surface area contributed by atoms with Gasteiger partial charge >= 0.3 is 0 Å². The van der Waals surface area contributed by atoms with Crippen molar-refractivity contribution in [1.29, 1.82) is 0 Å². The zero-order chi connectivity index (χ0) is 20.8. The van der Waals surface area contributed by atoms with Crippen molar-refractivity contribution in [3.63, 3.8) is 0 Å². The van der Waals surface area contributed by atoms with Crippen LogP contribution in [0.5, 0.6) is 5.88 Å². The number of hydrogen-bond donors (Lipinski definition) is 3. The number of methoxy groups -OCH3 is 1. The van der Waals surface area contributed by atoms with Gasteiger partial charge in [-0.05, 0) is 24.3 Å². The van der Waals surface area contributed by atoms with Crippen molar-refractivity contribution in [3.05, 3.63) is 36.5 Å². The van der Waals surface area contributed by atoms with Gasteiger partial charge < -0.3 is 30.3 Å². The van der Waals surface area contributed by atoms with E-state index in [2.05, 4.69) is 20.5 Å². The van der Waals surface area contributed by atoms with E-state index in [-0.39, 0.29) is 11.8 Å². The zero-order valence-electron chi connectivity index (χ0n) is 16.5. The summed E-state index contributed by atoms with van der Waals surface area (Å²) in [6.45, 7) is 3.61. The SMILES string of the molecule is COc1cc(Nc2ccc(N3CCN(C(=O)CO)CC3)cc2)c(NC(C)=O)cn1. The van der Waals surface area contributed by atoms with Crippen molar-refractivity contribution in [2.24, 2.45) is 0 Å². The average Bonchev–Trinajstić information content (AvgIpc) is 2.74. The van der Waals surface area contributed by atoms with E-state index in [0.717, 1.165) is 11.4 Å². The van der Waals surface area contributed by atoms with Crippen LogP contribution in [0.25, 0.3) is 0 Å². The average molecular weight is 399 g/mol. The number of carbonyl (C=O) groups excluding carboxylic acids is 2. The molecule has 1 aliphatic rings.